The predicted molar refractivity (Wildman–Crippen MR) is 68.1 cm³/mol. The third kappa shape index (κ3) is 2.53. The highest BCUT2D eigenvalue weighted by Crippen LogP contribution is 2.31. The van der Waals surface area contributed by atoms with Crippen LogP contribution in [0.4, 0.5) is 0 Å². The van der Waals surface area contributed by atoms with Crippen molar-refractivity contribution in [1.29, 1.82) is 0 Å². The molecule has 0 aliphatic heterocycles. The largest absolute Gasteiger partial charge is 0.493 e. The predicted octanol–water partition coefficient (Wildman–Crippen LogP) is 2.80. The molecular formula is C14H15NO3. The highest BCUT2D eigenvalue weighted by Gasteiger charge is 2.14. The highest BCUT2D eigenvalue weighted by atomic mass is 16.5. The molecule has 1 aromatic heterocycles. The van der Waals surface area contributed by atoms with Crippen molar-refractivity contribution in [1.82, 2.24) is 4.98 Å². The van der Waals surface area contributed by atoms with Crippen LogP contribution in [0.5, 0.6) is 11.5 Å². The smallest absolute Gasteiger partial charge is 0.172 e. The van der Waals surface area contributed by atoms with Gasteiger partial charge in [0.1, 0.15) is 6.61 Å². The molecule has 0 amide bonds. The van der Waals surface area contributed by atoms with Crippen LogP contribution in [0.25, 0.3) is 0 Å². The molecule has 4 heteroatoms. The summed E-state index contributed by atoms with van der Waals surface area (Å²) in [5.74, 6) is 1.01. The van der Waals surface area contributed by atoms with Gasteiger partial charge in [-0.15, -0.1) is 0 Å². The number of rotatable bonds is 5. The van der Waals surface area contributed by atoms with Crippen molar-refractivity contribution in [2.45, 2.75) is 13.5 Å². The van der Waals surface area contributed by atoms with Crippen LogP contribution in [0.3, 0.4) is 0 Å². The number of methoxy groups -OCH3 is 1. The van der Waals surface area contributed by atoms with E-state index in [9.17, 15) is 4.79 Å². The number of benzene rings is 1. The van der Waals surface area contributed by atoms with Crippen LogP contribution in [-0.2, 0) is 6.61 Å². The van der Waals surface area contributed by atoms with Gasteiger partial charge in [0.25, 0.3) is 0 Å². The van der Waals surface area contributed by atoms with E-state index in [4.69, 9.17) is 9.47 Å². The Kier molecular flexibility index (Phi) is 3.67. The molecule has 1 aromatic carbocycles. The molecule has 94 valence electrons. The van der Waals surface area contributed by atoms with E-state index < -0.39 is 0 Å². The van der Waals surface area contributed by atoms with Crippen molar-refractivity contribution in [2.75, 3.05) is 7.11 Å². The van der Waals surface area contributed by atoms with Crippen molar-refractivity contribution >= 4 is 5.78 Å². The van der Waals surface area contributed by atoms with Crippen LogP contribution >= 0.6 is 0 Å². The molecule has 0 saturated heterocycles. The first-order valence-electron chi connectivity index (χ1n) is 5.65. The Bertz CT molecular complexity index is 532. The molecule has 2 rings (SSSR count). The quantitative estimate of drug-likeness (QED) is 0.824. The molecule has 0 bridgehead atoms. The molecule has 0 unspecified atom stereocenters. The first-order chi connectivity index (χ1) is 8.72. The minimum Gasteiger partial charge on any atom is -0.493 e. The molecule has 0 saturated carbocycles. The standard InChI is InChI=1S/C14H15NO3/c1-10(16)12-6-3-7-13(17-2)14(12)18-9-11-5-4-8-15-11/h3-8,15H,9H2,1-2H3. The second-order valence-electron chi connectivity index (χ2n) is 3.88. The zero-order valence-electron chi connectivity index (χ0n) is 10.4. The number of hydrogen-bond acceptors (Lipinski definition) is 3. The minimum absolute atomic E-state index is 0.0459. The van der Waals surface area contributed by atoms with Gasteiger partial charge in [-0.1, -0.05) is 6.07 Å². The Morgan fingerprint density at radius 1 is 1.28 bits per heavy atom. The number of carbonyl (C=O) groups excluding carboxylic acids is 1. The lowest BCUT2D eigenvalue weighted by molar-refractivity contribution is 0.101. The monoisotopic (exact) mass is 245 g/mol. The van der Waals surface area contributed by atoms with E-state index in [0.29, 0.717) is 23.7 Å². The van der Waals surface area contributed by atoms with Gasteiger partial charge in [0.2, 0.25) is 0 Å². The van der Waals surface area contributed by atoms with Crippen molar-refractivity contribution in [3.8, 4) is 11.5 Å². The fourth-order valence-electron chi connectivity index (χ4n) is 1.71. The second kappa shape index (κ2) is 5.40. The Morgan fingerprint density at radius 2 is 2.11 bits per heavy atom. The molecule has 0 spiro atoms. The molecule has 0 fully saturated rings. The summed E-state index contributed by atoms with van der Waals surface area (Å²) >= 11 is 0. The molecule has 0 aliphatic carbocycles. The molecule has 1 N–H and O–H groups in total. The Morgan fingerprint density at radius 3 is 2.72 bits per heavy atom. The van der Waals surface area contributed by atoms with Gasteiger partial charge < -0.3 is 14.5 Å². The van der Waals surface area contributed by atoms with Gasteiger partial charge in [-0.3, -0.25) is 4.79 Å². The van der Waals surface area contributed by atoms with E-state index in [2.05, 4.69) is 4.98 Å². The normalized spacial score (nSPS) is 10.1. The summed E-state index contributed by atoms with van der Waals surface area (Å²) in [6.07, 6.45) is 1.83. The molecule has 0 radical (unpaired) electrons. The van der Waals surface area contributed by atoms with Gasteiger partial charge in [0.05, 0.1) is 18.4 Å². The van der Waals surface area contributed by atoms with Gasteiger partial charge in [0.15, 0.2) is 17.3 Å². The number of aromatic amines is 1. The van der Waals surface area contributed by atoms with Crippen LogP contribution < -0.4 is 9.47 Å². The molecule has 18 heavy (non-hydrogen) atoms. The zero-order valence-corrected chi connectivity index (χ0v) is 10.4. The number of para-hydroxylation sites is 1. The second-order valence-corrected chi connectivity index (χ2v) is 3.88. The lowest BCUT2D eigenvalue weighted by atomic mass is 10.1. The van der Waals surface area contributed by atoms with Crippen LogP contribution in [0.2, 0.25) is 0 Å². The molecule has 2 aromatic rings. The van der Waals surface area contributed by atoms with Gasteiger partial charge in [-0.25, -0.2) is 0 Å². The van der Waals surface area contributed by atoms with Crippen molar-refractivity contribution in [3.05, 3.63) is 47.8 Å². The number of ketones is 1. The van der Waals surface area contributed by atoms with Crippen molar-refractivity contribution in [3.63, 3.8) is 0 Å². The molecule has 0 aliphatic rings. The summed E-state index contributed by atoms with van der Waals surface area (Å²) in [5.41, 5.74) is 1.47. The highest BCUT2D eigenvalue weighted by molar-refractivity contribution is 5.97. The zero-order chi connectivity index (χ0) is 13.0. The van der Waals surface area contributed by atoms with E-state index in [0.717, 1.165) is 5.69 Å². The van der Waals surface area contributed by atoms with E-state index in [-0.39, 0.29) is 5.78 Å². The third-order valence-corrected chi connectivity index (χ3v) is 2.61. The first-order valence-corrected chi connectivity index (χ1v) is 5.65. The fraction of sp³-hybridized carbons (Fsp3) is 0.214. The van der Waals surface area contributed by atoms with Crippen LogP contribution in [0.1, 0.15) is 23.0 Å². The molecule has 4 nitrogen and oxygen atoms in total. The lowest BCUT2D eigenvalue weighted by Gasteiger charge is -2.13. The SMILES string of the molecule is COc1cccc(C(C)=O)c1OCc1ccc[nH]1. The summed E-state index contributed by atoms with van der Waals surface area (Å²) in [6, 6.07) is 9.10. The van der Waals surface area contributed by atoms with Gasteiger partial charge in [-0.2, -0.15) is 0 Å². The van der Waals surface area contributed by atoms with E-state index >= 15 is 0 Å². The summed E-state index contributed by atoms with van der Waals surface area (Å²) in [7, 11) is 1.56. The lowest BCUT2D eigenvalue weighted by Crippen LogP contribution is -2.03. The number of ether oxygens (including phenoxy) is 2. The van der Waals surface area contributed by atoms with E-state index in [1.807, 2.05) is 18.3 Å². The first kappa shape index (κ1) is 12.2. The van der Waals surface area contributed by atoms with E-state index in [1.54, 1.807) is 25.3 Å². The number of hydrogen-bond donors (Lipinski definition) is 1. The minimum atomic E-state index is -0.0459. The summed E-state index contributed by atoms with van der Waals surface area (Å²) in [5, 5.41) is 0. The number of nitrogens with one attached hydrogen (secondary N) is 1. The van der Waals surface area contributed by atoms with Crippen molar-refractivity contribution < 1.29 is 14.3 Å². The van der Waals surface area contributed by atoms with Crippen LogP contribution in [0.15, 0.2) is 36.5 Å². The Labute approximate surface area is 106 Å². The summed E-state index contributed by atoms with van der Waals surface area (Å²) in [6.45, 7) is 1.88. The summed E-state index contributed by atoms with van der Waals surface area (Å²) in [4.78, 5) is 14.6. The molecular weight excluding hydrogens is 230 g/mol. The fourth-order valence-corrected chi connectivity index (χ4v) is 1.71. The van der Waals surface area contributed by atoms with Gasteiger partial charge in [-0.05, 0) is 31.2 Å². The average Bonchev–Trinajstić information content (AvgIpc) is 2.88. The maximum Gasteiger partial charge on any atom is 0.172 e. The Hall–Kier alpha value is -2.23. The molecule has 1 heterocycles. The van der Waals surface area contributed by atoms with Crippen LogP contribution in [-0.4, -0.2) is 17.9 Å². The summed E-state index contributed by atoms with van der Waals surface area (Å²) < 4.78 is 10.9. The average molecular weight is 245 g/mol. The van der Waals surface area contributed by atoms with Gasteiger partial charge >= 0.3 is 0 Å². The number of carbonyl (C=O) groups is 1. The number of aromatic nitrogens is 1. The number of Topliss-reactive ketones (excluding diaryl/α,β-unsaturated/α-hetero) is 1. The number of H-pyrrole nitrogens is 1. The topological polar surface area (TPSA) is 51.3 Å². The van der Waals surface area contributed by atoms with Gasteiger partial charge in [0, 0.05) is 6.20 Å². The van der Waals surface area contributed by atoms with E-state index in [1.165, 1.54) is 6.92 Å². The van der Waals surface area contributed by atoms with Crippen molar-refractivity contribution in [2.24, 2.45) is 0 Å². The molecule has 0 atom stereocenters. The third-order valence-electron chi connectivity index (χ3n) is 2.61. The Balaban J connectivity index is 2.26. The van der Waals surface area contributed by atoms with Crippen LogP contribution in [0, 0.1) is 0 Å². The maximum atomic E-state index is 11.6. The maximum absolute atomic E-state index is 11.6.